The van der Waals surface area contributed by atoms with Gasteiger partial charge >= 0.3 is 12.6 Å². The number of rotatable bonds is 12. The molecule has 33 heavy (non-hydrogen) atoms. The van der Waals surface area contributed by atoms with Crippen LogP contribution < -0.4 is 10.1 Å². The highest BCUT2D eigenvalue weighted by Gasteiger charge is 2.16. The van der Waals surface area contributed by atoms with Crippen LogP contribution in [-0.2, 0) is 27.3 Å². The maximum atomic E-state index is 12.2. The predicted molar refractivity (Wildman–Crippen MR) is 120 cm³/mol. The van der Waals surface area contributed by atoms with Crippen LogP contribution in [0.25, 0.3) is 10.7 Å². The van der Waals surface area contributed by atoms with Crippen molar-refractivity contribution in [2.24, 2.45) is 0 Å². The number of nitrogens with one attached hydrogen (secondary N) is 1. The van der Waals surface area contributed by atoms with Crippen molar-refractivity contribution >= 4 is 35.0 Å². The molecule has 0 unspecified atom stereocenters. The second-order valence-electron chi connectivity index (χ2n) is 6.60. The number of benzene rings is 1. The third-order valence-corrected chi connectivity index (χ3v) is 6.15. The molecule has 1 N–H and O–H groups in total. The van der Waals surface area contributed by atoms with E-state index in [1.165, 1.54) is 23.9 Å². The summed E-state index contributed by atoms with van der Waals surface area (Å²) in [6, 6.07) is 10.0. The van der Waals surface area contributed by atoms with Crippen LogP contribution in [0.15, 0.2) is 46.9 Å². The number of amides is 1. The van der Waals surface area contributed by atoms with Crippen molar-refractivity contribution in [2.75, 3.05) is 18.9 Å². The molecule has 2 heterocycles. The minimum atomic E-state index is -2.87. The quantitative estimate of drug-likeness (QED) is 0.302. The van der Waals surface area contributed by atoms with Crippen LogP contribution in [0.1, 0.15) is 12.5 Å². The van der Waals surface area contributed by atoms with Crippen LogP contribution in [-0.4, -0.2) is 52.2 Å². The Labute approximate surface area is 197 Å². The maximum Gasteiger partial charge on any atom is 0.387 e. The van der Waals surface area contributed by atoms with Gasteiger partial charge in [0.15, 0.2) is 17.6 Å². The van der Waals surface area contributed by atoms with E-state index < -0.39 is 18.5 Å². The molecule has 1 aromatic carbocycles. The summed E-state index contributed by atoms with van der Waals surface area (Å²) in [5.74, 6) is -0.139. The molecular formula is C21H22F2N4O4S2. The Morgan fingerprint density at radius 2 is 2.00 bits per heavy atom. The van der Waals surface area contributed by atoms with Gasteiger partial charge in [0.1, 0.15) is 5.75 Å². The fourth-order valence-electron chi connectivity index (χ4n) is 2.81. The van der Waals surface area contributed by atoms with E-state index in [2.05, 4.69) is 20.3 Å². The minimum absolute atomic E-state index is 0.00287. The van der Waals surface area contributed by atoms with Gasteiger partial charge in [0.25, 0.3) is 5.91 Å². The molecule has 3 rings (SSSR count). The lowest BCUT2D eigenvalue weighted by atomic mass is 10.1. The van der Waals surface area contributed by atoms with Crippen molar-refractivity contribution in [1.82, 2.24) is 20.1 Å². The van der Waals surface area contributed by atoms with Crippen molar-refractivity contribution in [2.45, 2.75) is 31.7 Å². The Hall–Kier alpha value is -2.99. The molecule has 1 amide bonds. The lowest BCUT2D eigenvalue weighted by molar-refractivity contribution is -0.145. The first-order valence-electron chi connectivity index (χ1n) is 10.0. The van der Waals surface area contributed by atoms with E-state index in [0.29, 0.717) is 24.7 Å². The van der Waals surface area contributed by atoms with Crippen molar-refractivity contribution < 1.29 is 27.8 Å². The number of nitrogens with zero attached hydrogens (tertiary/aromatic N) is 3. The molecule has 0 saturated carbocycles. The highest BCUT2D eigenvalue weighted by molar-refractivity contribution is 7.99. The van der Waals surface area contributed by atoms with E-state index in [4.69, 9.17) is 4.74 Å². The van der Waals surface area contributed by atoms with Gasteiger partial charge in [-0.2, -0.15) is 8.78 Å². The third-order valence-electron chi connectivity index (χ3n) is 4.34. The van der Waals surface area contributed by atoms with E-state index in [1.807, 2.05) is 29.0 Å². The van der Waals surface area contributed by atoms with Gasteiger partial charge in [0.2, 0.25) is 0 Å². The SMILES string of the molecule is CCn1c(SCC(=O)OCC(=O)NCCc2ccc(OC(F)F)cc2)nnc1-c1cccs1. The molecule has 176 valence electrons. The molecule has 0 fully saturated rings. The van der Waals surface area contributed by atoms with Crippen molar-refractivity contribution in [3.05, 3.63) is 47.3 Å². The van der Waals surface area contributed by atoms with Gasteiger partial charge < -0.3 is 19.4 Å². The highest BCUT2D eigenvalue weighted by Crippen LogP contribution is 2.27. The summed E-state index contributed by atoms with van der Waals surface area (Å²) in [7, 11) is 0. The van der Waals surface area contributed by atoms with Gasteiger partial charge in [0.05, 0.1) is 10.6 Å². The summed E-state index contributed by atoms with van der Waals surface area (Å²) >= 11 is 2.76. The zero-order valence-corrected chi connectivity index (χ0v) is 19.3. The first-order valence-corrected chi connectivity index (χ1v) is 11.9. The molecule has 0 aliphatic heterocycles. The monoisotopic (exact) mass is 496 g/mol. The van der Waals surface area contributed by atoms with Gasteiger partial charge in [-0.05, 0) is 42.5 Å². The largest absolute Gasteiger partial charge is 0.455 e. The number of esters is 1. The molecule has 12 heteroatoms. The average Bonchev–Trinajstić information content (AvgIpc) is 3.46. The third kappa shape index (κ3) is 7.53. The van der Waals surface area contributed by atoms with Gasteiger partial charge in [-0.1, -0.05) is 30.0 Å². The van der Waals surface area contributed by atoms with E-state index in [9.17, 15) is 18.4 Å². The Bertz CT molecular complexity index is 1040. The molecule has 0 spiro atoms. The molecule has 0 aliphatic carbocycles. The van der Waals surface area contributed by atoms with E-state index in [-0.39, 0.29) is 18.1 Å². The van der Waals surface area contributed by atoms with E-state index in [1.54, 1.807) is 23.5 Å². The normalized spacial score (nSPS) is 10.9. The van der Waals surface area contributed by atoms with Gasteiger partial charge in [-0.3, -0.25) is 9.59 Å². The molecule has 0 saturated heterocycles. The van der Waals surface area contributed by atoms with Crippen LogP contribution in [0.3, 0.4) is 0 Å². The number of thiophene rings is 1. The Balaban J connectivity index is 1.36. The number of carbonyl (C=O) groups is 2. The minimum Gasteiger partial charge on any atom is -0.455 e. The van der Waals surface area contributed by atoms with Crippen LogP contribution in [0.4, 0.5) is 8.78 Å². The molecule has 0 bridgehead atoms. The number of hydrogen-bond acceptors (Lipinski definition) is 8. The number of alkyl halides is 2. The molecule has 0 radical (unpaired) electrons. The predicted octanol–water partition coefficient (Wildman–Crippen LogP) is 3.62. The number of hydrogen-bond donors (Lipinski definition) is 1. The Morgan fingerprint density at radius 3 is 2.67 bits per heavy atom. The summed E-state index contributed by atoms with van der Waals surface area (Å²) < 4.78 is 35.5. The Morgan fingerprint density at radius 1 is 1.21 bits per heavy atom. The summed E-state index contributed by atoms with van der Waals surface area (Å²) in [6.45, 7) is -0.321. The van der Waals surface area contributed by atoms with Crippen molar-refractivity contribution in [1.29, 1.82) is 0 Å². The van der Waals surface area contributed by atoms with Crippen LogP contribution in [0.2, 0.25) is 0 Å². The molecule has 2 aromatic heterocycles. The molecule has 3 aromatic rings. The zero-order chi connectivity index (χ0) is 23.6. The van der Waals surface area contributed by atoms with Crippen molar-refractivity contribution in [3.63, 3.8) is 0 Å². The summed E-state index contributed by atoms with van der Waals surface area (Å²) in [6.07, 6.45) is 0.490. The maximum absolute atomic E-state index is 12.2. The first-order chi connectivity index (χ1) is 16.0. The molecular weight excluding hydrogens is 474 g/mol. The second kappa shape index (κ2) is 12.3. The molecule has 0 atom stereocenters. The zero-order valence-electron chi connectivity index (χ0n) is 17.7. The second-order valence-corrected chi connectivity index (χ2v) is 8.49. The smallest absolute Gasteiger partial charge is 0.387 e. The Kier molecular flexibility index (Phi) is 9.19. The number of aromatic nitrogens is 3. The van der Waals surface area contributed by atoms with Crippen LogP contribution in [0, 0.1) is 0 Å². The fourth-order valence-corrected chi connectivity index (χ4v) is 4.33. The summed E-state index contributed by atoms with van der Waals surface area (Å²) in [4.78, 5) is 24.9. The van der Waals surface area contributed by atoms with Crippen LogP contribution in [0.5, 0.6) is 5.75 Å². The fraction of sp³-hybridized carbons (Fsp3) is 0.333. The highest BCUT2D eigenvalue weighted by atomic mass is 32.2. The number of ether oxygens (including phenoxy) is 2. The first kappa shape index (κ1) is 24.6. The lowest BCUT2D eigenvalue weighted by Gasteiger charge is -2.08. The molecule has 0 aliphatic rings. The van der Waals surface area contributed by atoms with E-state index >= 15 is 0 Å². The van der Waals surface area contributed by atoms with Crippen molar-refractivity contribution in [3.8, 4) is 16.5 Å². The lowest BCUT2D eigenvalue weighted by Crippen LogP contribution is -2.30. The van der Waals surface area contributed by atoms with Gasteiger partial charge in [-0.25, -0.2) is 0 Å². The summed E-state index contributed by atoms with van der Waals surface area (Å²) in [5, 5.41) is 13.6. The number of thioether (sulfide) groups is 1. The molecule has 8 nitrogen and oxygen atoms in total. The van der Waals surface area contributed by atoms with Gasteiger partial charge in [0, 0.05) is 13.1 Å². The number of halogens is 2. The average molecular weight is 497 g/mol. The standard InChI is InChI=1S/C21H22F2N4O4S2/c1-2-27-19(16-4-3-11-32-16)25-26-21(27)33-13-18(29)30-12-17(28)24-10-9-14-5-7-15(8-6-14)31-20(22)23/h3-8,11,20H,2,9-10,12-13H2,1H3,(H,24,28). The van der Waals surface area contributed by atoms with E-state index in [0.717, 1.165) is 16.3 Å². The topological polar surface area (TPSA) is 95.3 Å². The van der Waals surface area contributed by atoms with Gasteiger partial charge in [-0.15, -0.1) is 21.5 Å². The number of carbonyl (C=O) groups excluding carboxylic acids is 2. The van der Waals surface area contributed by atoms with Crippen LogP contribution >= 0.6 is 23.1 Å². The summed E-state index contributed by atoms with van der Waals surface area (Å²) in [5.41, 5.74) is 0.840.